The van der Waals surface area contributed by atoms with Crippen LogP contribution in [-0.4, -0.2) is 63.1 Å². The third-order valence-corrected chi connectivity index (χ3v) is 9.62. The molecule has 224 valence electrons. The molecular formula is C31H31ClF2N6O3. The molecule has 0 bridgehead atoms. The number of hydrogen-bond donors (Lipinski definition) is 1. The van der Waals surface area contributed by atoms with Crippen molar-refractivity contribution in [1.29, 1.82) is 0 Å². The summed E-state index contributed by atoms with van der Waals surface area (Å²) in [6.45, 7) is 2.05. The zero-order chi connectivity index (χ0) is 29.9. The molecule has 5 heterocycles. The average Bonchev–Trinajstić information content (AvgIpc) is 3.65. The van der Waals surface area contributed by atoms with Crippen LogP contribution < -0.4 is 10.2 Å². The molecule has 9 nitrogen and oxygen atoms in total. The van der Waals surface area contributed by atoms with Gasteiger partial charge in [-0.15, -0.1) is 0 Å². The van der Waals surface area contributed by atoms with Gasteiger partial charge in [0.25, 0.3) is 18.2 Å². The number of benzene rings is 1. The minimum absolute atomic E-state index is 0.0218. The van der Waals surface area contributed by atoms with Crippen LogP contribution in [0.4, 0.5) is 14.5 Å². The lowest BCUT2D eigenvalue weighted by Gasteiger charge is -2.46. The SMILES string of the molecule is O=C(NC1CCC(CN2C(=O)C3(CN(C(=O)c4cc5n(n4)CCC5)C3)c3ccccc32)CC1)c1cc(Cl)cnc1C(F)F. The molecule has 4 aliphatic rings. The second-order valence-corrected chi connectivity index (χ2v) is 12.5. The maximum absolute atomic E-state index is 14.0. The van der Waals surface area contributed by atoms with Crippen molar-refractivity contribution >= 4 is 35.0 Å². The number of rotatable bonds is 6. The molecule has 0 radical (unpaired) electrons. The Kier molecular flexibility index (Phi) is 6.95. The third-order valence-electron chi connectivity index (χ3n) is 9.42. The van der Waals surface area contributed by atoms with Crippen molar-refractivity contribution in [2.45, 2.75) is 63.0 Å². The number of amides is 3. The van der Waals surface area contributed by atoms with E-state index in [-0.39, 0.29) is 34.4 Å². The number of pyridine rings is 1. The van der Waals surface area contributed by atoms with Gasteiger partial charge in [-0.25, -0.2) is 8.78 Å². The first-order chi connectivity index (χ1) is 20.7. The maximum Gasteiger partial charge on any atom is 0.281 e. The molecule has 12 heteroatoms. The number of carbonyl (C=O) groups excluding carboxylic acids is 3. The summed E-state index contributed by atoms with van der Waals surface area (Å²) in [5, 5.41) is 7.48. The van der Waals surface area contributed by atoms with Crippen LogP contribution in [0.2, 0.25) is 5.02 Å². The molecule has 1 spiro atoms. The van der Waals surface area contributed by atoms with Crippen molar-refractivity contribution in [3.63, 3.8) is 0 Å². The first kappa shape index (κ1) is 27.9. The number of para-hydroxylation sites is 1. The van der Waals surface area contributed by atoms with Crippen molar-refractivity contribution < 1.29 is 23.2 Å². The first-order valence-corrected chi connectivity index (χ1v) is 15.1. The van der Waals surface area contributed by atoms with Crippen LogP contribution in [-0.2, 0) is 23.2 Å². The Labute approximate surface area is 252 Å². The van der Waals surface area contributed by atoms with E-state index in [2.05, 4.69) is 15.4 Å². The summed E-state index contributed by atoms with van der Waals surface area (Å²) in [6.07, 6.45) is 3.08. The largest absolute Gasteiger partial charge is 0.349 e. The van der Waals surface area contributed by atoms with E-state index in [4.69, 9.17) is 11.6 Å². The van der Waals surface area contributed by atoms with Crippen LogP contribution >= 0.6 is 11.6 Å². The summed E-state index contributed by atoms with van der Waals surface area (Å²) in [5.74, 6) is -0.501. The van der Waals surface area contributed by atoms with E-state index < -0.39 is 23.4 Å². The molecule has 1 N–H and O–H groups in total. The zero-order valence-corrected chi connectivity index (χ0v) is 24.2. The Morgan fingerprint density at radius 3 is 2.63 bits per heavy atom. The number of nitrogens with zero attached hydrogens (tertiary/aromatic N) is 5. The molecule has 43 heavy (non-hydrogen) atoms. The van der Waals surface area contributed by atoms with Gasteiger partial charge in [-0.05, 0) is 68.2 Å². The summed E-state index contributed by atoms with van der Waals surface area (Å²) in [5.41, 5.74) is 1.85. The smallest absolute Gasteiger partial charge is 0.281 e. The predicted molar refractivity (Wildman–Crippen MR) is 154 cm³/mol. The number of likely N-dealkylation sites (tertiary alicyclic amines) is 1. The van der Waals surface area contributed by atoms with Crippen LogP contribution in [0.15, 0.2) is 42.6 Å². The molecule has 3 amide bonds. The molecule has 1 aromatic carbocycles. The maximum atomic E-state index is 14.0. The number of hydrogen-bond acceptors (Lipinski definition) is 5. The van der Waals surface area contributed by atoms with Gasteiger partial charge in [0.15, 0.2) is 5.69 Å². The van der Waals surface area contributed by atoms with Crippen molar-refractivity contribution in [1.82, 2.24) is 25.0 Å². The van der Waals surface area contributed by atoms with E-state index in [1.807, 2.05) is 39.9 Å². The molecule has 7 rings (SSSR count). The van der Waals surface area contributed by atoms with Crippen molar-refractivity contribution in [2.24, 2.45) is 5.92 Å². The second kappa shape index (κ2) is 10.7. The van der Waals surface area contributed by atoms with E-state index in [0.29, 0.717) is 38.2 Å². The lowest BCUT2D eigenvalue weighted by Crippen LogP contribution is -2.65. The summed E-state index contributed by atoms with van der Waals surface area (Å²) in [7, 11) is 0. The first-order valence-electron chi connectivity index (χ1n) is 14.8. The highest BCUT2D eigenvalue weighted by Crippen LogP contribution is 2.48. The number of anilines is 1. The number of alkyl halides is 2. The van der Waals surface area contributed by atoms with Gasteiger partial charge >= 0.3 is 0 Å². The Morgan fingerprint density at radius 1 is 1.12 bits per heavy atom. The fraction of sp³-hybridized carbons (Fsp3) is 0.452. The van der Waals surface area contributed by atoms with Gasteiger partial charge < -0.3 is 15.1 Å². The molecule has 1 saturated heterocycles. The van der Waals surface area contributed by atoms with Crippen LogP contribution in [0.5, 0.6) is 0 Å². The highest BCUT2D eigenvalue weighted by molar-refractivity contribution is 6.30. The van der Waals surface area contributed by atoms with Crippen LogP contribution in [0, 0.1) is 5.92 Å². The van der Waals surface area contributed by atoms with E-state index in [9.17, 15) is 23.2 Å². The standard InChI is InChI=1S/C31H31ClF2N6O3/c32-19-12-22(26(27(33)34)35-14-19)28(41)36-20-9-7-18(8-10-20)15-39-25-6-2-1-5-23(25)31(30(39)43)16-38(17-31)29(42)24-13-21-4-3-11-40(21)37-24/h1-2,5-6,12-14,18,20,27H,3-4,7-11,15-17H2,(H,36,41). The monoisotopic (exact) mass is 608 g/mol. The van der Waals surface area contributed by atoms with Gasteiger partial charge in [0.2, 0.25) is 5.91 Å². The van der Waals surface area contributed by atoms with Gasteiger partial charge in [-0.1, -0.05) is 29.8 Å². The molecule has 2 fully saturated rings. The third kappa shape index (κ3) is 4.77. The Bertz CT molecular complexity index is 1590. The lowest BCUT2D eigenvalue weighted by atomic mass is 9.74. The number of aryl methyl sites for hydroxylation is 2. The average molecular weight is 609 g/mol. The van der Waals surface area contributed by atoms with Gasteiger partial charge in [-0.3, -0.25) is 24.0 Å². The minimum atomic E-state index is -2.88. The van der Waals surface area contributed by atoms with E-state index >= 15 is 0 Å². The lowest BCUT2D eigenvalue weighted by molar-refractivity contribution is -0.128. The molecule has 2 aromatic heterocycles. The summed E-state index contributed by atoms with van der Waals surface area (Å²) in [4.78, 5) is 47.2. The summed E-state index contributed by atoms with van der Waals surface area (Å²) < 4.78 is 28.7. The van der Waals surface area contributed by atoms with Crippen LogP contribution in [0.3, 0.4) is 0 Å². The molecule has 0 atom stereocenters. The number of halogens is 3. The molecule has 3 aromatic rings. The van der Waals surface area contributed by atoms with E-state index in [1.165, 1.54) is 6.07 Å². The van der Waals surface area contributed by atoms with Gasteiger partial charge in [0.05, 0.1) is 10.6 Å². The molecule has 1 aliphatic carbocycles. The summed E-state index contributed by atoms with van der Waals surface area (Å²) >= 11 is 5.91. The van der Waals surface area contributed by atoms with Gasteiger partial charge in [0, 0.05) is 49.8 Å². The zero-order valence-electron chi connectivity index (χ0n) is 23.4. The quantitative estimate of drug-likeness (QED) is 0.443. The summed E-state index contributed by atoms with van der Waals surface area (Å²) in [6, 6.07) is 10.8. The highest BCUT2D eigenvalue weighted by Gasteiger charge is 2.59. The minimum Gasteiger partial charge on any atom is -0.349 e. The predicted octanol–water partition coefficient (Wildman–Crippen LogP) is 4.54. The molecular weight excluding hydrogens is 578 g/mol. The molecule has 3 aliphatic heterocycles. The molecule has 0 unspecified atom stereocenters. The van der Waals surface area contributed by atoms with E-state index in [1.54, 1.807) is 4.90 Å². The van der Waals surface area contributed by atoms with Crippen molar-refractivity contribution in [3.8, 4) is 0 Å². The Hall–Kier alpha value is -3.86. The molecule has 1 saturated carbocycles. The Morgan fingerprint density at radius 2 is 1.88 bits per heavy atom. The number of nitrogens with one attached hydrogen (secondary N) is 1. The second-order valence-electron chi connectivity index (χ2n) is 12.1. The Balaban J connectivity index is 0.987. The van der Waals surface area contributed by atoms with Crippen molar-refractivity contribution in [3.05, 3.63) is 75.8 Å². The normalized spacial score (nSPS) is 22.1. The number of aromatic nitrogens is 3. The topological polar surface area (TPSA) is 100 Å². The highest BCUT2D eigenvalue weighted by atomic mass is 35.5. The fourth-order valence-electron chi connectivity index (χ4n) is 7.18. The van der Waals surface area contributed by atoms with Crippen molar-refractivity contribution in [2.75, 3.05) is 24.5 Å². The number of fused-ring (bicyclic) bond motifs is 3. The van der Waals surface area contributed by atoms with Crippen LogP contribution in [0.25, 0.3) is 0 Å². The van der Waals surface area contributed by atoms with Gasteiger partial charge in [0.1, 0.15) is 11.1 Å². The fourth-order valence-corrected chi connectivity index (χ4v) is 7.33. The van der Waals surface area contributed by atoms with Crippen LogP contribution in [0.1, 0.15) is 76.3 Å². The number of carbonyl (C=O) groups is 3. The van der Waals surface area contributed by atoms with Gasteiger partial charge in [-0.2, -0.15) is 5.10 Å². The van der Waals surface area contributed by atoms with E-state index in [0.717, 1.165) is 55.4 Å².